The van der Waals surface area contributed by atoms with Crippen LogP contribution in [-0.2, 0) is 0 Å². The number of hydrogen-bond donors (Lipinski definition) is 2. The first-order valence-electron chi connectivity index (χ1n) is 7.71. The van der Waals surface area contributed by atoms with E-state index in [0.29, 0.717) is 23.5 Å². The number of anilines is 1. The van der Waals surface area contributed by atoms with E-state index in [1.165, 1.54) is 32.1 Å². The van der Waals surface area contributed by atoms with Gasteiger partial charge in [-0.2, -0.15) is 4.98 Å². The van der Waals surface area contributed by atoms with Gasteiger partial charge in [0.15, 0.2) is 0 Å². The van der Waals surface area contributed by atoms with Crippen LogP contribution in [0.2, 0.25) is 0 Å². The van der Waals surface area contributed by atoms with E-state index in [4.69, 9.17) is 10.6 Å². The molecular formula is C15H24N4O. The molecule has 1 heterocycles. The molecule has 0 aliphatic heterocycles. The Balaban J connectivity index is 1.85. The van der Waals surface area contributed by atoms with Gasteiger partial charge >= 0.3 is 0 Å². The Hall–Kier alpha value is -1.36. The van der Waals surface area contributed by atoms with E-state index in [-0.39, 0.29) is 6.10 Å². The molecule has 2 atom stereocenters. The van der Waals surface area contributed by atoms with Crippen molar-refractivity contribution in [2.75, 3.05) is 5.43 Å². The van der Waals surface area contributed by atoms with Gasteiger partial charge in [0.2, 0.25) is 5.88 Å². The van der Waals surface area contributed by atoms with Gasteiger partial charge in [0.25, 0.3) is 0 Å². The van der Waals surface area contributed by atoms with Crippen LogP contribution in [0.15, 0.2) is 0 Å². The van der Waals surface area contributed by atoms with Crippen LogP contribution in [-0.4, -0.2) is 16.1 Å². The minimum atomic E-state index is 0.273. The van der Waals surface area contributed by atoms with Gasteiger partial charge in [-0.05, 0) is 44.9 Å². The quantitative estimate of drug-likeness (QED) is 0.653. The normalized spacial score (nSPS) is 26.4. The third kappa shape index (κ3) is 2.73. The fraction of sp³-hybridized carbons (Fsp3) is 0.733. The lowest BCUT2D eigenvalue weighted by molar-refractivity contribution is 0.0964. The predicted molar refractivity (Wildman–Crippen MR) is 78.6 cm³/mol. The number of aromatic nitrogens is 2. The lowest BCUT2D eigenvalue weighted by atomic mass is 9.88. The van der Waals surface area contributed by atoms with Gasteiger partial charge in [-0.1, -0.05) is 13.3 Å². The molecule has 0 radical (unpaired) electrons. The summed E-state index contributed by atoms with van der Waals surface area (Å²) in [6.45, 7) is 4.24. The number of hydrogen-bond acceptors (Lipinski definition) is 5. The van der Waals surface area contributed by atoms with Crippen molar-refractivity contribution >= 4 is 5.82 Å². The topological polar surface area (TPSA) is 73.1 Å². The highest BCUT2D eigenvalue weighted by Gasteiger charge is 2.30. The number of hydrazine groups is 1. The molecule has 1 aromatic heterocycles. The van der Waals surface area contributed by atoms with Crippen LogP contribution in [0.1, 0.15) is 62.8 Å². The van der Waals surface area contributed by atoms with Crippen LogP contribution in [0.5, 0.6) is 5.88 Å². The summed E-state index contributed by atoms with van der Waals surface area (Å²) in [5.74, 6) is 8.95. The highest BCUT2D eigenvalue weighted by Crippen LogP contribution is 2.40. The Morgan fingerprint density at radius 2 is 1.90 bits per heavy atom. The Morgan fingerprint density at radius 3 is 2.55 bits per heavy atom. The van der Waals surface area contributed by atoms with Crippen LogP contribution < -0.4 is 16.0 Å². The molecule has 0 amide bonds. The molecule has 1 aromatic rings. The largest absolute Gasteiger partial charge is 0.474 e. The maximum atomic E-state index is 6.21. The molecule has 2 aliphatic rings. The van der Waals surface area contributed by atoms with Crippen molar-refractivity contribution in [2.45, 2.75) is 64.4 Å². The highest BCUT2D eigenvalue weighted by atomic mass is 16.5. The fourth-order valence-electron chi connectivity index (χ4n) is 2.89. The third-order valence-electron chi connectivity index (χ3n) is 4.49. The lowest BCUT2D eigenvalue weighted by Gasteiger charge is -2.29. The van der Waals surface area contributed by atoms with Gasteiger partial charge in [-0.25, -0.2) is 10.8 Å². The van der Waals surface area contributed by atoms with Crippen molar-refractivity contribution in [2.24, 2.45) is 11.8 Å². The summed E-state index contributed by atoms with van der Waals surface area (Å²) >= 11 is 0. The molecule has 0 saturated heterocycles. The van der Waals surface area contributed by atoms with E-state index in [0.717, 1.165) is 17.8 Å². The van der Waals surface area contributed by atoms with E-state index in [9.17, 15) is 0 Å². The second-order valence-corrected chi connectivity index (χ2v) is 6.20. The van der Waals surface area contributed by atoms with Gasteiger partial charge < -0.3 is 10.2 Å². The second-order valence-electron chi connectivity index (χ2n) is 6.20. The first-order chi connectivity index (χ1) is 9.69. The average Bonchev–Trinajstić information content (AvgIpc) is 3.28. The van der Waals surface area contributed by atoms with Crippen LogP contribution in [0, 0.1) is 12.8 Å². The fourth-order valence-corrected chi connectivity index (χ4v) is 2.89. The predicted octanol–water partition coefficient (Wildman–Crippen LogP) is 2.91. The number of nitrogens with zero attached hydrogens (tertiary/aromatic N) is 2. The van der Waals surface area contributed by atoms with Crippen molar-refractivity contribution in [1.29, 1.82) is 0 Å². The highest BCUT2D eigenvalue weighted by molar-refractivity contribution is 5.48. The van der Waals surface area contributed by atoms with Gasteiger partial charge in [0, 0.05) is 5.92 Å². The number of nitrogens with two attached hydrogens (primary N) is 1. The molecule has 5 nitrogen and oxygen atoms in total. The van der Waals surface area contributed by atoms with Crippen LogP contribution in [0.4, 0.5) is 5.82 Å². The molecule has 3 rings (SSSR count). The van der Waals surface area contributed by atoms with Gasteiger partial charge in [-0.15, -0.1) is 0 Å². The van der Waals surface area contributed by atoms with Crippen molar-refractivity contribution < 1.29 is 4.74 Å². The zero-order chi connectivity index (χ0) is 14.1. The zero-order valence-corrected chi connectivity index (χ0v) is 12.4. The molecular weight excluding hydrogens is 252 g/mol. The molecule has 0 aromatic carbocycles. The van der Waals surface area contributed by atoms with Crippen molar-refractivity contribution in [3.63, 3.8) is 0 Å². The number of ether oxygens (including phenoxy) is 1. The standard InChI is InChI=1S/C15H24N4O/c1-9-5-3-4-6-12(9)20-15-10(2)13(19-16)17-14(18-15)11-7-8-11/h9,11-12H,3-8,16H2,1-2H3,(H,17,18,19). The lowest BCUT2D eigenvalue weighted by Crippen LogP contribution is -2.29. The van der Waals surface area contributed by atoms with E-state index in [1.54, 1.807) is 0 Å². The van der Waals surface area contributed by atoms with Crippen LogP contribution in [0.3, 0.4) is 0 Å². The summed E-state index contributed by atoms with van der Waals surface area (Å²) in [7, 11) is 0. The summed E-state index contributed by atoms with van der Waals surface area (Å²) in [6, 6.07) is 0. The van der Waals surface area contributed by atoms with E-state index in [2.05, 4.69) is 22.3 Å². The summed E-state index contributed by atoms with van der Waals surface area (Å²) in [4.78, 5) is 9.14. The summed E-state index contributed by atoms with van der Waals surface area (Å²) < 4.78 is 6.21. The van der Waals surface area contributed by atoms with E-state index in [1.807, 2.05) is 6.92 Å². The summed E-state index contributed by atoms with van der Waals surface area (Å²) in [5.41, 5.74) is 3.59. The molecule has 2 unspecified atom stereocenters. The maximum absolute atomic E-state index is 6.21. The molecule has 2 aliphatic carbocycles. The molecule has 0 bridgehead atoms. The van der Waals surface area contributed by atoms with Crippen LogP contribution >= 0.6 is 0 Å². The maximum Gasteiger partial charge on any atom is 0.222 e. The molecule has 2 fully saturated rings. The van der Waals surface area contributed by atoms with Crippen molar-refractivity contribution in [3.05, 3.63) is 11.4 Å². The van der Waals surface area contributed by atoms with Crippen molar-refractivity contribution in [1.82, 2.24) is 9.97 Å². The molecule has 3 N–H and O–H groups in total. The third-order valence-corrected chi connectivity index (χ3v) is 4.49. The average molecular weight is 276 g/mol. The smallest absolute Gasteiger partial charge is 0.222 e. The molecule has 5 heteroatoms. The monoisotopic (exact) mass is 276 g/mol. The van der Waals surface area contributed by atoms with E-state index < -0.39 is 0 Å². The Morgan fingerprint density at radius 1 is 1.15 bits per heavy atom. The van der Waals surface area contributed by atoms with Gasteiger partial charge in [0.05, 0.1) is 5.56 Å². The first-order valence-corrected chi connectivity index (χ1v) is 7.71. The van der Waals surface area contributed by atoms with E-state index >= 15 is 0 Å². The molecule has 2 saturated carbocycles. The Labute approximate surface area is 120 Å². The minimum Gasteiger partial charge on any atom is -0.474 e. The van der Waals surface area contributed by atoms with Gasteiger partial charge in [-0.3, -0.25) is 0 Å². The first kappa shape index (κ1) is 13.6. The Bertz CT molecular complexity index is 487. The summed E-state index contributed by atoms with van der Waals surface area (Å²) in [5, 5.41) is 0. The Kier molecular flexibility index (Phi) is 3.78. The minimum absolute atomic E-state index is 0.273. The zero-order valence-electron chi connectivity index (χ0n) is 12.4. The number of nitrogens with one attached hydrogen (secondary N) is 1. The van der Waals surface area contributed by atoms with Gasteiger partial charge in [0.1, 0.15) is 17.7 Å². The second kappa shape index (κ2) is 5.56. The molecule has 20 heavy (non-hydrogen) atoms. The summed E-state index contributed by atoms with van der Waals surface area (Å²) in [6.07, 6.45) is 7.54. The van der Waals surface area contributed by atoms with Crippen LogP contribution in [0.25, 0.3) is 0 Å². The van der Waals surface area contributed by atoms with Crippen molar-refractivity contribution in [3.8, 4) is 5.88 Å². The SMILES string of the molecule is Cc1c(NN)nc(C2CC2)nc1OC1CCCCC1C. The number of rotatable bonds is 4. The molecule has 110 valence electrons. The molecule has 0 spiro atoms. The number of nitrogen functional groups attached to an aromatic ring is 1.